The van der Waals surface area contributed by atoms with E-state index >= 15 is 0 Å². The van der Waals surface area contributed by atoms with E-state index in [4.69, 9.17) is 23.2 Å². The Morgan fingerprint density at radius 2 is 1.55 bits per heavy atom. The second-order valence-electron chi connectivity index (χ2n) is 9.65. The highest BCUT2D eigenvalue weighted by Gasteiger charge is 2.37. The van der Waals surface area contributed by atoms with Crippen molar-refractivity contribution in [2.45, 2.75) is 25.3 Å². The number of hydrogen-bond donors (Lipinski definition) is 3. The van der Waals surface area contributed by atoms with Crippen molar-refractivity contribution in [3.63, 3.8) is 0 Å². The number of imidazole rings is 1. The van der Waals surface area contributed by atoms with Gasteiger partial charge < -0.3 is 20.5 Å². The van der Waals surface area contributed by atoms with E-state index in [0.29, 0.717) is 18.7 Å². The monoisotopic (exact) mass is 644 g/mol. The van der Waals surface area contributed by atoms with E-state index in [1.807, 2.05) is 0 Å². The molecule has 2 atom stereocenters. The van der Waals surface area contributed by atoms with Crippen molar-refractivity contribution in [3.05, 3.63) is 70.6 Å². The lowest BCUT2D eigenvalue weighted by Crippen LogP contribution is -2.31. The zero-order valence-corrected chi connectivity index (χ0v) is 24.2. The third kappa shape index (κ3) is 8.26. The van der Waals surface area contributed by atoms with Gasteiger partial charge in [0.15, 0.2) is 5.03 Å². The van der Waals surface area contributed by atoms with Crippen LogP contribution in [0.25, 0.3) is 0 Å². The van der Waals surface area contributed by atoms with Gasteiger partial charge in [0.25, 0.3) is 10.0 Å². The molecule has 3 N–H and O–H groups in total. The van der Waals surface area contributed by atoms with Crippen LogP contribution in [-0.4, -0.2) is 60.3 Å². The number of amides is 2. The maximum atomic E-state index is 13.4. The first kappa shape index (κ1) is 33.4. The van der Waals surface area contributed by atoms with Gasteiger partial charge in [0.2, 0.25) is 11.8 Å². The van der Waals surface area contributed by atoms with Crippen molar-refractivity contribution in [3.8, 4) is 0 Å². The molecule has 228 valence electrons. The van der Waals surface area contributed by atoms with E-state index in [9.17, 15) is 26.8 Å². The number of nitrogens with one attached hydrogen (secondary N) is 3. The number of carbonyl (C=O) groups is 2. The summed E-state index contributed by atoms with van der Waals surface area (Å²) in [6.45, 7) is 1.82. The quantitative estimate of drug-likeness (QED) is 0.362. The Bertz CT molecular complexity index is 1530. The maximum absolute atomic E-state index is 13.4. The van der Waals surface area contributed by atoms with E-state index in [-0.39, 0.29) is 59.0 Å². The molecule has 0 radical (unpaired) electrons. The van der Waals surface area contributed by atoms with Crippen LogP contribution in [0.3, 0.4) is 0 Å². The molecule has 0 spiro atoms. The first-order valence-electron chi connectivity index (χ1n) is 12.6. The number of carbonyl (C=O) groups excluding carboxylic acids is 2. The molecule has 2 aliphatic rings. The van der Waals surface area contributed by atoms with Crippen molar-refractivity contribution in [2.24, 2.45) is 18.9 Å². The van der Waals surface area contributed by atoms with Crippen LogP contribution in [0.5, 0.6) is 0 Å². The summed E-state index contributed by atoms with van der Waals surface area (Å²) in [5.41, 5.74) is 0.719. The van der Waals surface area contributed by atoms with E-state index in [1.165, 1.54) is 41.1 Å². The van der Waals surface area contributed by atoms with E-state index in [2.05, 4.69) is 20.9 Å². The van der Waals surface area contributed by atoms with Crippen LogP contribution in [0, 0.1) is 23.5 Å². The first-order valence-corrected chi connectivity index (χ1v) is 14.8. The normalized spacial score (nSPS) is 18.5. The van der Waals surface area contributed by atoms with Gasteiger partial charge in [-0.2, -0.15) is 4.31 Å². The third-order valence-electron chi connectivity index (χ3n) is 6.61. The lowest BCUT2D eigenvalue weighted by molar-refractivity contribution is -0.120. The highest BCUT2D eigenvalue weighted by molar-refractivity contribution is 7.89. The van der Waals surface area contributed by atoms with Crippen molar-refractivity contribution >= 4 is 56.4 Å². The van der Waals surface area contributed by atoms with Gasteiger partial charge in [-0.15, -0.1) is 0 Å². The number of aryl methyl sites for hydroxylation is 1. The fourth-order valence-electron chi connectivity index (χ4n) is 4.33. The summed E-state index contributed by atoms with van der Waals surface area (Å²) >= 11 is 11.2. The zero-order chi connectivity index (χ0) is 29.7. The Morgan fingerprint density at radius 3 is 2.02 bits per heavy atom. The minimum absolute atomic E-state index is 0. The molecular weight excluding hydrogens is 613 g/mol. The summed E-state index contributed by atoms with van der Waals surface area (Å²) in [5.74, 6) is -2.14. The number of hydrogen-bond acceptors (Lipinski definition) is 6. The van der Waals surface area contributed by atoms with E-state index in [1.54, 1.807) is 17.7 Å². The smallest absolute Gasteiger partial charge is 0.262 e. The molecule has 2 saturated heterocycles. The van der Waals surface area contributed by atoms with Gasteiger partial charge in [0.05, 0.1) is 28.2 Å². The van der Waals surface area contributed by atoms with Crippen LogP contribution in [0.4, 0.5) is 20.2 Å². The number of nitrogens with zero attached hydrogens (tertiary/aromatic N) is 3. The van der Waals surface area contributed by atoms with Crippen molar-refractivity contribution < 1.29 is 26.8 Å². The van der Waals surface area contributed by atoms with Gasteiger partial charge >= 0.3 is 0 Å². The number of anilines is 2. The summed E-state index contributed by atoms with van der Waals surface area (Å²) in [6, 6.07) is 8.20. The van der Waals surface area contributed by atoms with Crippen LogP contribution in [0.1, 0.15) is 20.3 Å². The maximum Gasteiger partial charge on any atom is 0.262 e. The van der Waals surface area contributed by atoms with Crippen LogP contribution in [-0.2, 0) is 26.7 Å². The topological polar surface area (TPSA) is 125 Å². The largest absolute Gasteiger partial charge is 0.339 e. The van der Waals surface area contributed by atoms with Gasteiger partial charge in [0.1, 0.15) is 11.6 Å². The lowest BCUT2D eigenvalue weighted by atomic mass is 10.1. The second-order valence-corrected chi connectivity index (χ2v) is 12.4. The van der Waals surface area contributed by atoms with Crippen LogP contribution >= 0.6 is 23.2 Å². The molecule has 2 unspecified atom stereocenters. The molecular formula is C27H32Cl2F2N6O4S. The van der Waals surface area contributed by atoms with Crippen molar-refractivity contribution in [2.75, 3.05) is 36.8 Å². The Kier molecular flexibility index (Phi) is 11.4. The molecule has 3 aromatic rings. The predicted molar refractivity (Wildman–Crippen MR) is 158 cm³/mol. The van der Waals surface area contributed by atoms with Gasteiger partial charge in [-0.25, -0.2) is 22.2 Å². The van der Waals surface area contributed by atoms with Crippen molar-refractivity contribution in [1.82, 2.24) is 19.2 Å². The molecule has 2 aliphatic heterocycles. The van der Waals surface area contributed by atoms with E-state index < -0.39 is 27.6 Å². The predicted octanol–water partition coefficient (Wildman–Crippen LogP) is 4.53. The molecule has 10 nitrogen and oxygen atoms in total. The summed E-state index contributed by atoms with van der Waals surface area (Å²) < 4.78 is 54.3. The fraction of sp³-hybridized carbons (Fsp3) is 0.370. The molecule has 2 amide bonds. The lowest BCUT2D eigenvalue weighted by Gasteiger charge is -2.15. The fourth-order valence-corrected chi connectivity index (χ4v) is 6.03. The summed E-state index contributed by atoms with van der Waals surface area (Å²) in [5, 5.41) is 8.34. The van der Waals surface area contributed by atoms with Crippen LogP contribution < -0.4 is 16.0 Å². The molecule has 0 aliphatic carbocycles. The molecule has 3 heterocycles. The number of rotatable bonds is 6. The Balaban J connectivity index is 0.000000247. The highest BCUT2D eigenvalue weighted by atomic mass is 35.5. The molecule has 2 fully saturated rings. The standard InChI is InChI=1S/C15H16ClFN4O3S.C11H12ClFN2O.CH4/c1-20-8-14(18-9-20)25(23,24)21-5-4-10(7-21)15(22)19-11-2-3-12(16)13(17)6-11;12-9-2-1-8(5-10(9)13)15-11(16)7-3-4-14-6-7;/h2-3,6,8-10H,4-5,7H2,1H3,(H,19,22);1-2,5,7,14H,3-4,6H2,(H,15,16);1H4. The molecule has 42 heavy (non-hydrogen) atoms. The molecule has 0 saturated carbocycles. The zero-order valence-electron chi connectivity index (χ0n) is 21.9. The number of aromatic nitrogens is 2. The number of sulfonamides is 1. The van der Waals surface area contributed by atoms with Crippen LogP contribution in [0.15, 0.2) is 53.9 Å². The van der Waals surface area contributed by atoms with Gasteiger partial charge in [-0.1, -0.05) is 30.6 Å². The molecule has 2 aromatic carbocycles. The van der Waals surface area contributed by atoms with Crippen molar-refractivity contribution in [1.29, 1.82) is 0 Å². The average Bonchev–Trinajstić information content (AvgIpc) is 3.71. The van der Waals surface area contributed by atoms with Gasteiger partial charge in [0, 0.05) is 44.3 Å². The summed E-state index contributed by atoms with van der Waals surface area (Å²) in [6.07, 6.45) is 4.03. The Morgan fingerprint density at radius 1 is 0.976 bits per heavy atom. The first-order chi connectivity index (χ1) is 19.4. The average molecular weight is 646 g/mol. The number of benzene rings is 2. The summed E-state index contributed by atoms with van der Waals surface area (Å²) in [4.78, 5) is 27.9. The SMILES string of the molecule is C.Cn1cnc(S(=O)(=O)N2CCC(C(=O)Nc3ccc(Cl)c(F)c3)C2)c1.O=C(Nc1ccc(Cl)c(F)c1)C1CCNC1. The Hall–Kier alpha value is -3.10. The minimum atomic E-state index is -3.73. The highest BCUT2D eigenvalue weighted by Crippen LogP contribution is 2.26. The van der Waals surface area contributed by atoms with E-state index in [0.717, 1.165) is 19.0 Å². The Labute approximate surface area is 253 Å². The second kappa shape index (κ2) is 14.4. The summed E-state index contributed by atoms with van der Waals surface area (Å²) in [7, 11) is -2.05. The van der Waals surface area contributed by atoms with Gasteiger partial charge in [-0.3, -0.25) is 9.59 Å². The molecule has 0 bridgehead atoms. The van der Waals surface area contributed by atoms with Gasteiger partial charge in [-0.05, 0) is 55.8 Å². The third-order valence-corrected chi connectivity index (χ3v) is 8.98. The number of halogens is 4. The molecule has 5 rings (SSSR count). The molecule has 1 aromatic heterocycles. The minimum Gasteiger partial charge on any atom is -0.339 e. The molecule has 15 heteroatoms. The van der Waals surface area contributed by atoms with Crippen LogP contribution in [0.2, 0.25) is 10.0 Å².